The SMILES string of the molecule is Cc1cc(N)c(N=Nc2ccc(-c3ccc(N=Nc4c(N)c(N=Nc5ccc(-c6ccc(N=Nc7ccc(N)cc7N)cc6S(=O)(=O)O)cc5)cc(S(=O)(=O)O)c4N)cc3S(=O)(=O)O)cc2)cc1S(=O)(=O)O.O=S(=O)=O.O=S(=O)=O.O=S(=O)=O. The molecule has 0 bridgehead atoms. The Balaban J connectivity index is 0.00000115. The van der Waals surface area contributed by atoms with E-state index in [9.17, 15) is 51.9 Å². The zero-order chi connectivity index (χ0) is 63.2. The highest BCUT2D eigenvalue weighted by molar-refractivity contribution is 7.86. The van der Waals surface area contributed by atoms with Crippen molar-refractivity contribution in [3.05, 3.63) is 127 Å². The van der Waals surface area contributed by atoms with Crippen LogP contribution in [0.15, 0.2) is 182 Å². The van der Waals surface area contributed by atoms with Crippen LogP contribution in [0, 0.1) is 6.92 Å². The van der Waals surface area contributed by atoms with Gasteiger partial charge in [-0.3, -0.25) is 18.2 Å². The fourth-order valence-corrected chi connectivity index (χ4v) is 9.53. The molecule has 84 heavy (non-hydrogen) atoms. The van der Waals surface area contributed by atoms with Gasteiger partial charge in [-0.15, -0.1) is 58.3 Å². The van der Waals surface area contributed by atoms with Crippen molar-refractivity contribution < 1.29 is 89.8 Å². The van der Waals surface area contributed by atoms with Crippen molar-refractivity contribution in [3.63, 3.8) is 0 Å². The summed E-state index contributed by atoms with van der Waals surface area (Å²) >= 11 is 0. The third-order valence-corrected chi connectivity index (χ3v) is 13.9. The minimum absolute atomic E-state index is 0.0135. The van der Waals surface area contributed by atoms with Crippen LogP contribution in [0.5, 0.6) is 0 Å². The van der Waals surface area contributed by atoms with E-state index in [1.807, 2.05) is 0 Å². The lowest BCUT2D eigenvalue weighted by molar-refractivity contribution is 0.480. The quantitative estimate of drug-likeness (QED) is 0.0304. The van der Waals surface area contributed by atoms with Crippen LogP contribution in [0.1, 0.15) is 5.56 Å². The maximum Gasteiger partial charge on any atom is 0.425 e. The summed E-state index contributed by atoms with van der Waals surface area (Å²) in [7, 11) is -28.8. The van der Waals surface area contributed by atoms with Crippen molar-refractivity contribution in [2.45, 2.75) is 26.5 Å². The average Bonchev–Trinajstić information content (AvgIpc) is 2.63. The molecular formula is C43H37N13O21S7. The fraction of sp³-hybridized carbons (Fsp3) is 0.0233. The van der Waals surface area contributed by atoms with Crippen molar-refractivity contribution in [1.29, 1.82) is 0 Å². The molecule has 7 aromatic carbocycles. The molecule has 14 N–H and O–H groups in total. The number of rotatable bonds is 14. The molecule has 0 aliphatic rings. The minimum atomic E-state index is -5.07. The maximum absolute atomic E-state index is 12.6. The zero-order valence-corrected chi connectivity index (χ0v) is 47.3. The Morgan fingerprint density at radius 3 is 1.10 bits per heavy atom. The van der Waals surface area contributed by atoms with Gasteiger partial charge >= 0.3 is 31.8 Å². The highest BCUT2D eigenvalue weighted by atomic mass is 32.2. The van der Waals surface area contributed by atoms with Gasteiger partial charge in [0, 0.05) is 16.8 Å². The Labute approximate surface area is 478 Å². The first-order chi connectivity index (χ1) is 38.9. The summed E-state index contributed by atoms with van der Waals surface area (Å²) in [6, 6.07) is 26.5. The summed E-state index contributed by atoms with van der Waals surface area (Å²) in [4.78, 5) is -2.45. The molecule has 41 heteroatoms. The number of hydrogen-bond acceptors (Lipinski definition) is 30. The van der Waals surface area contributed by atoms with E-state index >= 15 is 0 Å². The zero-order valence-electron chi connectivity index (χ0n) is 41.6. The molecular weight excluding hydrogens is 1260 g/mol. The number of benzene rings is 7. The number of nitrogen functional groups attached to an aromatic ring is 5. The number of azo groups is 4. The molecule has 0 atom stereocenters. The molecule has 0 heterocycles. The first-order valence-corrected chi connectivity index (χ1v) is 30.3. The van der Waals surface area contributed by atoms with Gasteiger partial charge in [0.05, 0.1) is 50.4 Å². The molecule has 0 amide bonds. The highest BCUT2D eigenvalue weighted by Crippen LogP contribution is 2.44. The topological polar surface area (TPSA) is 600 Å². The van der Waals surface area contributed by atoms with Crippen molar-refractivity contribution in [2.24, 2.45) is 40.9 Å². The molecule has 0 spiro atoms. The second kappa shape index (κ2) is 27.9. The molecule has 0 saturated carbocycles. The van der Waals surface area contributed by atoms with Gasteiger partial charge in [-0.1, -0.05) is 36.4 Å². The van der Waals surface area contributed by atoms with Crippen molar-refractivity contribution in [1.82, 2.24) is 0 Å². The molecule has 442 valence electrons. The van der Waals surface area contributed by atoms with E-state index < -0.39 is 109 Å². The number of hydrogen-bond donors (Lipinski definition) is 9. The number of nitrogens with two attached hydrogens (primary N) is 5. The highest BCUT2D eigenvalue weighted by Gasteiger charge is 2.24. The largest absolute Gasteiger partial charge is 0.425 e. The average molecular weight is 1300 g/mol. The molecule has 7 rings (SSSR count). The van der Waals surface area contributed by atoms with E-state index in [4.69, 9.17) is 66.5 Å². The van der Waals surface area contributed by atoms with Crippen LogP contribution in [-0.4, -0.2) is 89.8 Å². The molecule has 0 aliphatic carbocycles. The van der Waals surface area contributed by atoms with E-state index in [2.05, 4.69) is 40.9 Å². The number of anilines is 5. The maximum atomic E-state index is 12.6. The Kier molecular flexibility index (Phi) is 22.3. The lowest BCUT2D eigenvalue weighted by Gasteiger charge is -2.11. The van der Waals surface area contributed by atoms with Crippen LogP contribution >= 0.6 is 0 Å². The summed E-state index contributed by atoms with van der Waals surface area (Å²) in [5, 5.41) is 32.0. The summed E-state index contributed by atoms with van der Waals surface area (Å²) in [6.45, 7) is 1.43. The molecule has 34 nitrogen and oxygen atoms in total. The van der Waals surface area contributed by atoms with Gasteiger partial charge in [0.15, 0.2) is 0 Å². The minimum Gasteiger partial charge on any atom is -0.399 e. The third-order valence-electron chi connectivity index (χ3n) is 10.2. The normalized spacial score (nSPS) is 11.8. The van der Waals surface area contributed by atoms with Crippen LogP contribution in [0.2, 0.25) is 0 Å². The van der Waals surface area contributed by atoms with Gasteiger partial charge in [-0.05, 0) is 109 Å². The monoisotopic (exact) mass is 1300 g/mol. The van der Waals surface area contributed by atoms with Gasteiger partial charge in [-0.25, -0.2) is 0 Å². The Morgan fingerprint density at radius 1 is 0.345 bits per heavy atom. The molecule has 7 aromatic rings. The van der Waals surface area contributed by atoms with Gasteiger partial charge < -0.3 is 28.7 Å². The van der Waals surface area contributed by atoms with Gasteiger partial charge in [-0.2, -0.15) is 54.1 Å². The van der Waals surface area contributed by atoms with Crippen LogP contribution in [-0.2, 0) is 72.3 Å². The third kappa shape index (κ3) is 19.6. The molecule has 0 unspecified atom stereocenters. The van der Waals surface area contributed by atoms with Crippen LogP contribution in [0.4, 0.5) is 73.9 Å². The molecule has 0 fully saturated rings. The van der Waals surface area contributed by atoms with Crippen LogP contribution < -0.4 is 28.7 Å². The molecule has 0 aromatic heterocycles. The van der Waals surface area contributed by atoms with E-state index in [-0.39, 0.29) is 73.4 Å². The summed E-state index contributed by atoms with van der Waals surface area (Å²) in [5.74, 6) is 0. The predicted molar refractivity (Wildman–Crippen MR) is 295 cm³/mol. The first-order valence-electron chi connectivity index (χ1n) is 21.5. The number of aryl methyl sites for hydroxylation is 1. The second-order valence-electron chi connectivity index (χ2n) is 15.8. The number of nitrogens with zero attached hydrogens (tertiary/aromatic N) is 8. The van der Waals surface area contributed by atoms with E-state index in [0.29, 0.717) is 11.3 Å². The lowest BCUT2D eigenvalue weighted by Crippen LogP contribution is -2.05. The Bertz CT molecular complexity index is 4610. The van der Waals surface area contributed by atoms with E-state index in [1.54, 1.807) is 6.07 Å². The van der Waals surface area contributed by atoms with Crippen molar-refractivity contribution >= 4 is 146 Å². The van der Waals surface area contributed by atoms with Gasteiger partial charge in [0.25, 0.3) is 40.5 Å². The lowest BCUT2D eigenvalue weighted by atomic mass is 10.0. The molecule has 0 radical (unpaired) electrons. The molecule has 0 aliphatic heterocycles. The van der Waals surface area contributed by atoms with Crippen molar-refractivity contribution in [2.75, 3.05) is 28.7 Å². The van der Waals surface area contributed by atoms with Gasteiger partial charge in [0.1, 0.15) is 37.4 Å². The summed E-state index contributed by atoms with van der Waals surface area (Å²) < 4.78 is 214. The van der Waals surface area contributed by atoms with E-state index in [1.165, 1.54) is 97.9 Å². The molecule has 0 saturated heterocycles. The standard InChI is InChI=1S/C43H37N13O12S4.3O3S/c1-22-16-32(45)35(20-37(22)69(57,58)59)54-49-26-7-2-23(3-8-26)31-14-12-29(19-39(31)71(63,64)65)52-56-43-41(47)36(21-40(42(43)48)72(66,67)68)55-50-27-9-4-24(5-10-27)30-13-11-28(18-38(30)70(60,61)62)51-53-34-15-6-25(44)17-33(34)46;3*1-4(2)3/h2-21H,44-48H2,1H3,(H,57,58,59)(H,60,61,62)(H,63,64,65)(H,66,67,68);;;. The first kappa shape index (κ1) is 66.9. The Morgan fingerprint density at radius 2 is 0.690 bits per heavy atom. The predicted octanol–water partition coefficient (Wildman–Crippen LogP) is 6.88. The van der Waals surface area contributed by atoms with Crippen molar-refractivity contribution in [3.8, 4) is 22.3 Å². The second-order valence-corrected chi connectivity index (χ2v) is 22.6. The fourth-order valence-electron chi connectivity index (χ4n) is 6.70. The smallest absolute Gasteiger partial charge is 0.399 e. The summed E-state index contributed by atoms with van der Waals surface area (Å²) in [5.41, 5.74) is 29.9. The van der Waals surface area contributed by atoms with Gasteiger partial charge in [0.2, 0.25) is 0 Å². The van der Waals surface area contributed by atoms with E-state index in [0.717, 1.165) is 24.3 Å². The summed E-state index contributed by atoms with van der Waals surface area (Å²) in [6.07, 6.45) is 0. The van der Waals surface area contributed by atoms with Crippen LogP contribution in [0.3, 0.4) is 0 Å². The Hall–Kier alpha value is -9.56. The van der Waals surface area contributed by atoms with Crippen LogP contribution in [0.25, 0.3) is 22.3 Å².